The molecule has 1 amide bonds. The van der Waals surface area contributed by atoms with E-state index in [1.54, 1.807) is 18.2 Å². The summed E-state index contributed by atoms with van der Waals surface area (Å²) in [7, 11) is 0. The van der Waals surface area contributed by atoms with E-state index >= 15 is 0 Å². The lowest BCUT2D eigenvalue weighted by molar-refractivity contribution is 0.0744. The molecule has 0 aliphatic carbocycles. The summed E-state index contributed by atoms with van der Waals surface area (Å²) < 4.78 is 13.8. The van der Waals surface area contributed by atoms with E-state index in [9.17, 15) is 9.18 Å². The van der Waals surface area contributed by atoms with Gasteiger partial charge in [-0.2, -0.15) is 0 Å². The van der Waals surface area contributed by atoms with Gasteiger partial charge in [0.2, 0.25) is 0 Å². The molecule has 140 valence electrons. The number of nitrogens with two attached hydrogens (primary N) is 1. The van der Waals surface area contributed by atoms with Crippen molar-refractivity contribution in [2.45, 2.75) is 19.4 Å². The van der Waals surface area contributed by atoms with Crippen LogP contribution in [0.5, 0.6) is 0 Å². The van der Waals surface area contributed by atoms with Crippen molar-refractivity contribution in [2.24, 2.45) is 11.7 Å². The van der Waals surface area contributed by atoms with Gasteiger partial charge >= 0.3 is 0 Å². The van der Waals surface area contributed by atoms with Gasteiger partial charge in [-0.15, -0.1) is 12.4 Å². The molecule has 1 fully saturated rings. The second kappa shape index (κ2) is 8.57. The van der Waals surface area contributed by atoms with Gasteiger partial charge in [0.1, 0.15) is 5.82 Å². The average Bonchev–Trinajstić information content (AvgIpc) is 2.97. The second-order valence-electron chi connectivity index (χ2n) is 6.46. The molecule has 26 heavy (non-hydrogen) atoms. The average molecular weight is 418 g/mol. The highest BCUT2D eigenvalue weighted by molar-refractivity contribution is 6.42. The zero-order valence-corrected chi connectivity index (χ0v) is 16.5. The van der Waals surface area contributed by atoms with Gasteiger partial charge in [-0.1, -0.05) is 29.3 Å². The first-order chi connectivity index (χ1) is 11.9. The van der Waals surface area contributed by atoms with Crippen LogP contribution in [0.3, 0.4) is 0 Å². The molecular formula is C19H20Cl3FN2O. The molecular weight excluding hydrogens is 398 g/mol. The van der Waals surface area contributed by atoms with Crippen LogP contribution in [0.1, 0.15) is 23.7 Å². The van der Waals surface area contributed by atoms with Gasteiger partial charge in [0.25, 0.3) is 5.91 Å². The molecule has 2 aromatic rings. The minimum atomic E-state index is -0.410. The van der Waals surface area contributed by atoms with Gasteiger partial charge in [-0.3, -0.25) is 4.79 Å². The molecule has 1 aliphatic rings. The third kappa shape index (κ3) is 4.15. The van der Waals surface area contributed by atoms with Crippen molar-refractivity contribution >= 4 is 41.5 Å². The molecule has 0 bridgehead atoms. The normalized spacial score (nSPS) is 19.3. The zero-order chi connectivity index (χ0) is 18.1. The minimum Gasteiger partial charge on any atom is -0.336 e. The lowest BCUT2D eigenvalue weighted by Crippen LogP contribution is -2.34. The van der Waals surface area contributed by atoms with E-state index in [0.29, 0.717) is 45.7 Å². The van der Waals surface area contributed by atoms with Gasteiger partial charge in [0, 0.05) is 18.2 Å². The van der Waals surface area contributed by atoms with E-state index in [4.69, 9.17) is 28.9 Å². The summed E-state index contributed by atoms with van der Waals surface area (Å²) >= 11 is 12.1. The van der Waals surface area contributed by atoms with Crippen LogP contribution in [0.15, 0.2) is 36.4 Å². The van der Waals surface area contributed by atoms with Gasteiger partial charge in [-0.05, 0) is 67.3 Å². The van der Waals surface area contributed by atoms with Crippen LogP contribution in [-0.4, -0.2) is 29.9 Å². The van der Waals surface area contributed by atoms with Crippen LogP contribution in [-0.2, 0) is 0 Å². The number of halogens is 4. The lowest BCUT2D eigenvalue weighted by Gasteiger charge is -2.23. The fraction of sp³-hybridized carbons (Fsp3) is 0.316. The van der Waals surface area contributed by atoms with Crippen molar-refractivity contribution in [3.8, 4) is 11.1 Å². The van der Waals surface area contributed by atoms with Crippen molar-refractivity contribution in [1.29, 1.82) is 0 Å². The minimum absolute atomic E-state index is 0. The zero-order valence-electron chi connectivity index (χ0n) is 14.2. The van der Waals surface area contributed by atoms with Crippen LogP contribution >= 0.6 is 35.6 Å². The number of carbonyl (C=O) groups excluding carboxylic acids is 1. The molecule has 2 atom stereocenters. The van der Waals surface area contributed by atoms with Gasteiger partial charge < -0.3 is 10.6 Å². The number of carbonyl (C=O) groups is 1. The van der Waals surface area contributed by atoms with E-state index in [2.05, 4.69) is 0 Å². The molecule has 1 heterocycles. The maximum Gasteiger partial charge on any atom is 0.254 e. The highest BCUT2D eigenvalue weighted by Crippen LogP contribution is 2.33. The molecule has 0 radical (unpaired) electrons. The fourth-order valence-electron chi connectivity index (χ4n) is 3.36. The van der Waals surface area contributed by atoms with Crippen molar-refractivity contribution in [3.05, 3.63) is 57.8 Å². The standard InChI is InChI=1S/C19H19Cl2FN2O.ClH/c1-11-6-12(9-23)10-24(11)19(25)15-4-3-14(22)8-16(15)13-2-5-17(20)18(21)7-13;/h2-5,7-8,11-12H,6,9-10,23H2,1H3;1H. The molecule has 0 saturated carbocycles. The maximum absolute atomic E-state index is 13.8. The van der Waals surface area contributed by atoms with Crippen molar-refractivity contribution < 1.29 is 9.18 Å². The number of rotatable bonds is 3. The van der Waals surface area contributed by atoms with E-state index in [-0.39, 0.29) is 24.4 Å². The largest absolute Gasteiger partial charge is 0.336 e. The fourth-order valence-corrected chi connectivity index (χ4v) is 3.65. The Bertz CT molecular complexity index is 815. The number of benzene rings is 2. The molecule has 0 aromatic heterocycles. The first-order valence-electron chi connectivity index (χ1n) is 8.16. The molecule has 2 aromatic carbocycles. The Labute approximate surface area is 168 Å². The van der Waals surface area contributed by atoms with E-state index in [0.717, 1.165) is 6.42 Å². The Morgan fingerprint density at radius 2 is 1.96 bits per heavy atom. The number of amides is 1. The SMILES string of the molecule is CC1CC(CN)CN1C(=O)c1ccc(F)cc1-c1ccc(Cl)c(Cl)c1.Cl. The topological polar surface area (TPSA) is 46.3 Å². The smallest absolute Gasteiger partial charge is 0.254 e. The summed E-state index contributed by atoms with van der Waals surface area (Å²) in [4.78, 5) is 14.9. The van der Waals surface area contributed by atoms with E-state index < -0.39 is 5.82 Å². The molecule has 2 N–H and O–H groups in total. The summed E-state index contributed by atoms with van der Waals surface area (Å²) in [6.07, 6.45) is 0.880. The Balaban J connectivity index is 0.00000243. The first-order valence-corrected chi connectivity index (χ1v) is 8.92. The van der Waals surface area contributed by atoms with Crippen LogP contribution < -0.4 is 5.73 Å². The molecule has 2 unspecified atom stereocenters. The number of hydrogen-bond acceptors (Lipinski definition) is 2. The van der Waals surface area contributed by atoms with Crippen molar-refractivity contribution in [3.63, 3.8) is 0 Å². The number of hydrogen-bond donors (Lipinski definition) is 1. The summed E-state index contributed by atoms with van der Waals surface area (Å²) in [6.45, 7) is 3.18. The van der Waals surface area contributed by atoms with E-state index in [1.165, 1.54) is 18.2 Å². The molecule has 7 heteroatoms. The van der Waals surface area contributed by atoms with Crippen LogP contribution in [0, 0.1) is 11.7 Å². The van der Waals surface area contributed by atoms with Crippen molar-refractivity contribution in [2.75, 3.05) is 13.1 Å². The van der Waals surface area contributed by atoms with Crippen molar-refractivity contribution in [1.82, 2.24) is 4.90 Å². The number of nitrogens with zero attached hydrogens (tertiary/aromatic N) is 1. The quantitative estimate of drug-likeness (QED) is 0.761. The molecule has 1 aliphatic heterocycles. The number of likely N-dealkylation sites (tertiary alicyclic amines) is 1. The van der Waals surface area contributed by atoms with Gasteiger partial charge in [0.15, 0.2) is 0 Å². The molecule has 3 rings (SSSR count). The highest BCUT2D eigenvalue weighted by atomic mass is 35.5. The summed E-state index contributed by atoms with van der Waals surface area (Å²) in [5.74, 6) is -0.232. The summed E-state index contributed by atoms with van der Waals surface area (Å²) in [5.41, 5.74) is 7.36. The third-order valence-corrected chi connectivity index (χ3v) is 5.44. The Morgan fingerprint density at radius 1 is 1.23 bits per heavy atom. The predicted octanol–water partition coefficient (Wildman–Crippen LogP) is 5.03. The van der Waals surface area contributed by atoms with Crippen LogP contribution in [0.25, 0.3) is 11.1 Å². The third-order valence-electron chi connectivity index (χ3n) is 4.70. The van der Waals surface area contributed by atoms with Crippen LogP contribution in [0.2, 0.25) is 10.0 Å². The molecule has 3 nitrogen and oxygen atoms in total. The molecule has 1 saturated heterocycles. The first kappa shape index (κ1) is 21.0. The van der Waals surface area contributed by atoms with Gasteiger partial charge in [-0.25, -0.2) is 4.39 Å². The Hall–Kier alpha value is -1.33. The van der Waals surface area contributed by atoms with Crippen LogP contribution in [0.4, 0.5) is 4.39 Å². The summed E-state index contributed by atoms with van der Waals surface area (Å²) in [6, 6.07) is 9.30. The lowest BCUT2D eigenvalue weighted by atomic mass is 9.98. The Kier molecular flexibility index (Phi) is 6.92. The summed E-state index contributed by atoms with van der Waals surface area (Å²) in [5, 5.41) is 0.771. The highest BCUT2D eigenvalue weighted by Gasteiger charge is 2.33. The van der Waals surface area contributed by atoms with E-state index in [1.807, 2.05) is 11.8 Å². The maximum atomic E-state index is 13.8. The monoisotopic (exact) mass is 416 g/mol. The van der Waals surface area contributed by atoms with Gasteiger partial charge in [0.05, 0.1) is 10.0 Å². The second-order valence-corrected chi connectivity index (χ2v) is 7.28. The Morgan fingerprint density at radius 3 is 2.58 bits per heavy atom. The molecule has 0 spiro atoms. The predicted molar refractivity (Wildman–Crippen MR) is 107 cm³/mol.